The lowest BCUT2D eigenvalue weighted by molar-refractivity contribution is -0.402. The summed E-state index contributed by atoms with van der Waals surface area (Å²) in [5.74, 6) is -0.526. The topological polar surface area (TPSA) is 113 Å². The number of rotatable bonds is 5. The Balaban J connectivity index is 1.49. The van der Waals surface area contributed by atoms with E-state index in [4.69, 9.17) is 4.42 Å². The third-order valence-corrected chi connectivity index (χ3v) is 6.00. The van der Waals surface area contributed by atoms with Crippen molar-refractivity contribution in [1.82, 2.24) is 10.3 Å². The Bertz CT molecular complexity index is 1480. The van der Waals surface area contributed by atoms with Crippen molar-refractivity contribution in [2.75, 3.05) is 0 Å². The quantitative estimate of drug-likeness (QED) is 0.447. The van der Waals surface area contributed by atoms with Crippen LogP contribution in [0.3, 0.4) is 0 Å². The SMILES string of the molecule is O=C1NC(SCc2ccccc2F)=NN2C1=c1ccccc1=N[C@@H]2/C=C/c1ccc([N+](=O)[O-])o1. The third-order valence-electron chi connectivity index (χ3n) is 5.09. The molecule has 2 aliphatic rings. The van der Waals surface area contributed by atoms with Gasteiger partial charge in [0.05, 0.1) is 11.4 Å². The molecule has 5 rings (SSSR count). The van der Waals surface area contributed by atoms with E-state index in [-0.39, 0.29) is 29.1 Å². The lowest BCUT2D eigenvalue weighted by Crippen LogP contribution is -2.52. The molecule has 3 aromatic rings. The molecule has 0 saturated heterocycles. The zero-order valence-corrected chi connectivity index (χ0v) is 18.2. The second kappa shape index (κ2) is 8.94. The summed E-state index contributed by atoms with van der Waals surface area (Å²) in [5.41, 5.74) is 0.810. The molecule has 3 heterocycles. The molecule has 0 fully saturated rings. The predicted octanol–water partition coefficient (Wildman–Crippen LogP) is 2.74. The molecular formula is C23H16FN5O4S. The first kappa shape index (κ1) is 21.6. The van der Waals surface area contributed by atoms with Crippen LogP contribution in [0.1, 0.15) is 11.3 Å². The zero-order chi connectivity index (χ0) is 23.7. The Morgan fingerprint density at radius 1 is 1.18 bits per heavy atom. The van der Waals surface area contributed by atoms with Gasteiger partial charge in [-0.1, -0.05) is 48.2 Å². The van der Waals surface area contributed by atoms with E-state index < -0.39 is 11.1 Å². The van der Waals surface area contributed by atoms with Crippen molar-refractivity contribution in [1.29, 1.82) is 0 Å². The average molecular weight is 477 g/mol. The number of halogens is 1. The molecule has 0 aliphatic carbocycles. The Kier molecular flexibility index (Phi) is 5.68. The molecule has 0 saturated carbocycles. The highest BCUT2D eigenvalue weighted by atomic mass is 32.2. The van der Waals surface area contributed by atoms with Gasteiger partial charge in [-0.15, -0.1) is 5.10 Å². The number of carbonyl (C=O) groups is 1. The number of thioether (sulfide) groups is 1. The Morgan fingerprint density at radius 3 is 2.76 bits per heavy atom. The molecule has 0 spiro atoms. The summed E-state index contributed by atoms with van der Waals surface area (Å²) in [7, 11) is 0. The van der Waals surface area contributed by atoms with Crippen LogP contribution in [0.4, 0.5) is 10.3 Å². The van der Waals surface area contributed by atoms with Crippen molar-refractivity contribution in [2.45, 2.75) is 11.9 Å². The molecule has 0 radical (unpaired) electrons. The van der Waals surface area contributed by atoms with Crippen molar-refractivity contribution >= 4 is 40.5 Å². The standard InChI is InChI=1S/C23H16FN5O4S/c24-17-7-3-1-5-14(17)13-34-23-26-22(30)21-16-6-2-4-8-18(16)25-19(28(21)27-23)11-9-15-10-12-20(33-15)29(31)32/h1-12,19H,13H2,(H,26,27,30)/b11-9+/t19-/m0/s1. The fourth-order valence-corrected chi connectivity index (χ4v) is 4.35. The minimum atomic E-state index is -0.704. The smallest absolute Gasteiger partial charge is 0.401 e. The van der Waals surface area contributed by atoms with Gasteiger partial charge in [-0.3, -0.25) is 25.2 Å². The number of benzene rings is 2. The molecule has 1 N–H and O–H groups in total. The van der Waals surface area contributed by atoms with Crippen molar-refractivity contribution in [2.24, 2.45) is 10.1 Å². The summed E-state index contributed by atoms with van der Waals surface area (Å²) in [6.07, 6.45) is 2.48. The number of nitrogens with zero attached hydrogens (tertiary/aromatic N) is 4. The van der Waals surface area contributed by atoms with Gasteiger partial charge in [0.2, 0.25) is 0 Å². The van der Waals surface area contributed by atoms with Gasteiger partial charge in [-0.25, -0.2) is 9.40 Å². The van der Waals surface area contributed by atoms with E-state index in [9.17, 15) is 19.3 Å². The van der Waals surface area contributed by atoms with E-state index in [1.54, 1.807) is 48.6 Å². The molecule has 34 heavy (non-hydrogen) atoms. The Hall–Kier alpha value is -4.25. The van der Waals surface area contributed by atoms with E-state index in [2.05, 4.69) is 15.4 Å². The van der Waals surface area contributed by atoms with E-state index in [0.717, 1.165) is 0 Å². The minimum absolute atomic E-state index is 0.266. The number of para-hydroxylation sites is 1. The highest BCUT2D eigenvalue weighted by Crippen LogP contribution is 2.24. The first-order chi connectivity index (χ1) is 16.5. The lowest BCUT2D eigenvalue weighted by Gasteiger charge is -2.32. The van der Waals surface area contributed by atoms with Gasteiger partial charge in [0.15, 0.2) is 11.3 Å². The number of nitro groups is 1. The zero-order valence-electron chi connectivity index (χ0n) is 17.4. The molecule has 0 bridgehead atoms. The van der Waals surface area contributed by atoms with Crippen LogP contribution in [-0.2, 0) is 10.5 Å². The van der Waals surface area contributed by atoms with Crippen LogP contribution in [0, 0.1) is 15.9 Å². The van der Waals surface area contributed by atoms with Crippen molar-refractivity contribution in [3.05, 3.63) is 105 Å². The van der Waals surface area contributed by atoms with E-state index in [1.165, 1.54) is 35.0 Å². The minimum Gasteiger partial charge on any atom is -0.401 e. The molecule has 2 aromatic carbocycles. The molecule has 170 valence electrons. The largest absolute Gasteiger partial charge is 0.433 e. The van der Waals surface area contributed by atoms with E-state index in [1.807, 2.05) is 6.07 Å². The number of amidine groups is 1. The molecule has 1 atom stereocenters. The monoisotopic (exact) mass is 477 g/mol. The van der Waals surface area contributed by atoms with Gasteiger partial charge in [-0.2, -0.15) is 0 Å². The maximum atomic E-state index is 14.0. The number of amides is 1. The second-order valence-electron chi connectivity index (χ2n) is 7.28. The molecule has 0 unspecified atom stereocenters. The Morgan fingerprint density at radius 2 is 1.97 bits per heavy atom. The molecule has 1 aromatic heterocycles. The molecule has 9 nitrogen and oxygen atoms in total. The van der Waals surface area contributed by atoms with Crippen LogP contribution in [0.2, 0.25) is 0 Å². The van der Waals surface area contributed by atoms with Crippen LogP contribution in [0.25, 0.3) is 11.8 Å². The van der Waals surface area contributed by atoms with Gasteiger partial charge in [0.25, 0.3) is 5.91 Å². The lowest BCUT2D eigenvalue weighted by atomic mass is 10.1. The summed E-state index contributed by atoms with van der Waals surface area (Å²) >= 11 is 1.19. The van der Waals surface area contributed by atoms with Gasteiger partial charge >= 0.3 is 5.88 Å². The number of hydrogen-bond donors (Lipinski definition) is 1. The van der Waals surface area contributed by atoms with Crippen LogP contribution >= 0.6 is 11.8 Å². The highest BCUT2D eigenvalue weighted by Gasteiger charge is 2.32. The number of hydrazone groups is 1. The third kappa shape index (κ3) is 4.20. The van der Waals surface area contributed by atoms with Crippen molar-refractivity contribution in [3.63, 3.8) is 0 Å². The van der Waals surface area contributed by atoms with E-state index >= 15 is 0 Å². The normalized spacial score (nSPS) is 17.0. The maximum Gasteiger partial charge on any atom is 0.433 e. The maximum absolute atomic E-state index is 14.0. The number of fused-ring (bicyclic) bond motifs is 2. The molecule has 11 heteroatoms. The second-order valence-corrected chi connectivity index (χ2v) is 8.25. The van der Waals surface area contributed by atoms with Gasteiger partial charge in [-0.05, 0) is 35.9 Å². The van der Waals surface area contributed by atoms with E-state index in [0.29, 0.717) is 27.0 Å². The van der Waals surface area contributed by atoms with Crippen LogP contribution in [-0.4, -0.2) is 27.2 Å². The van der Waals surface area contributed by atoms with Crippen LogP contribution in [0.15, 0.2) is 81.3 Å². The first-order valence-electron chi connectivity index (χ1n) is 10.1. The Labute approximate surface area is 196 Å². The summed E-state index contributed by atoms with van der Waals surface area (Å²) in [6.45, 7) is 0. The number of nitrogens with one attached hydrogen (secondary N) is 1. The van der Waals surface area contributed by atoms with Crippen molar-refractivity contribution in [3.8, 4) is 0 Å². The highest BCUT2D eigenvalue weighted by molar-refractivity contribution is 8.13. The summed E-state index contributed by atoms with van der Waals surface area (Å²) in [6, 6.07) is 16.3. The molecule has 1 amide bonds. The fourth-order valence-electron chi connectivity index (χ4n) is 3.52. The van der Waals surface area contributed by atoms with Crippen LogP contribution in [0.5, 0.6) is 0 Å². The molecular weight excluding hydrogens is 461 g/mol. The molecule has 2 aliphatic heterocycles. The van der Waals surface area contributed by atoms with Crippen molar-refractivity contribution < 1.29 is 18.5 Å². The first-order valence-corrected chi connectivity index (χ1v) is 11.1. The van der Waals surface area contributed by atoms with Gasteiger partial charge in [0, 0.05) is 11.0 Å². The average Bonchev–Trinajstić information content (AvgIpc) is 3.31. The predicted molar refractivity (Wildman–Crippen MR) is 124 cm³/mol. The number of carbonyl (C=O) groups excluding carboxylic acids is 1. The van der Waals surface area contributed by atoms with Gasteiger partial charge < -0.3 is 4.42 Å². The summed E-state index contributed by atoms with van der Waals surface area (Å²) in [5, 5.41) is 21.2. The fraction of sp³-hybridized carbons (Fsp3) is 0.0870. The van der Waals surface area contributed by atoms with Gasteiger partial charge in [0.1, 0.15) is 22.2 Å². The van der Waals surface area contributed by atoms with Crippen LogP contribution < -0.4 is 15.9 Å². The number of furan rings is 1. The summed E-state index contributed by atoms with van der Waals surface area (Å²) < 4.78 is 19.2. The number of hydrogen-bond acceptors (Lipinski definition) is 8. The summed E-state index contributed by atoms with van der Waals surface area (Å²) in [4.78, 5) is 28.0.